The molecule has 0 saturated heterocycles. The second kappa shape index (κ2) is 7.89. The number of carbonyl (C=O) groups is 1. The zero-order chi connectivity index (χ0) is 19.4. The molecule has 0 aliphatic rings. The molecule has 0 heterocycles. The minimum atomic E-state index is -1.49. The van der Waals surface area contributed by atoms with Crippen molar-refractivity contribution in [2.75, 3.05) is 0 Å². The Balaban J connectivity index is 2.03. The minimum Gasteiger partial charge on any atom is -0.381 e. The lowest BCUT2D eigenvalue weighted by Gasteiger charge is -2.28. The van der Waals surface area contributed by atoms with E-state index in [-0.39, 0.29) is 18.6 Å². The summed E-state index contributed by atoms with van der Waals surface area (Å²) in [6, 6.07) is 23.2. The van der Waals surface area contributed by atoms with Gasteiger partial charge in [-0.3, -0.25) is 4.79 Å². The summed E-state index contributed by atoms with van der Waals surface area (Å²) in [5.74, 6) is -0.212. The molecule has 0 spiro atoms. The van der Waals surface area contributed by atoms with E-state index in [1.165, 1.54) is 0 Å². The van der Waals surface area contributed by atoms with E-state index in [4.69, 9.17) is 0 Å². The number of Topliss-reactive ketones (excluding diaryl/α,β-unsaturated/α-hetero) is 1. The van der Waals surface area contributed by atoms with Crippen LogP contribution in [-0.4, -0.2) is 16.5 Å². The Labute approximate surface area is 161 Å². The molecule has 2 heteroatoms. The van der Waals surface area contributed by atoms with Crippen molar-refractivity contribution in [2.45, 2.75) is 39.2 Å². The average molecular weight is 358 g/mol. The van der Waals surface area contributed by atoms with E-state index in [9.17, 15) is 9.90 Å². The highest BCUT2D eigenvalue weighted by Crippen LogP contribution is 2.27. The normalized spacial score (nSPS) is 11.4. The van der Waals surface area contributed by atoms with Crippen molar-refractivity contribution in [1.82, 2.24) is 0 Å². The van der Waals surface area contributed by atoms with Gasteiger partial charge in [0.05, 0.1) is 0 Å². The molecular formula is C25H26O2. The monoisotopic (exact) mass is 358 g/mol. The van der Waals surface area contributed by atoms with Gasteiger partial charge < -0.3 is 5.11 Å². The maximum absolute atomic E-state index is 13.5. The van der Waals surface area contributed by atoms with E-state index < -0.39 is 5.60 Å². The predicted molar refractivity (Wildman–Crippen MR) is 110 cm³/mol. The molecule has 0 aliphatic heterocycles. The predicted octanol–water partition coefficient (Wildman–Crippen LogP) is 5.01. The smallest absolute Gasteiger partial charge is 0.195 e. The number of hydrogen-bond donors (Lipinski definition) is 1. The van der Waals surface area contributed by atoms with Crippen molar-refractivity contribution in [1.29, 1.82) is 0 Å². The van der Waals surface area contributed by atoms with Gasteiger partial charge in [0.15, 0.2) is 5.78 Å². The van der Waals surface area contributed by atoms with E-state index in [2.05, 4.69) is 0 Å². The van der Waals surface area contributed by atoms with Crippen LogP contribution in [0.3, 0.4) is 0 Å². The molecule has 3 aromatic carbocycles. The van der Waals surface area contributed by atoms with Crippen LogP contribution in [0.15, 0.2) is 72.8 Å². The van der Waals surface area contributed by atoms with E-state index >= 15 is 0 Å². The molecule has 0 aromatic heterocycles. The van der Waals surface area contributed by atoms with Crippen LogP contribution in [0, 0.1) is 20.8 Å². The van der Waals surface area contributed by atoms with Crippen molar-refractivity contribution in [2.24, 2.45) is 0 Å². The van der Waals surface area contributed by atoms with Gasteiger partial charge in [-0.15, -0.1) is 0 Å². The van der Waals surface area contributed by atoms with Crippen molar-refractivity contribution < 1.29 is 9.90 Å². The van der Waals surface area contributed by atoms with Crippen LogP contribution in [0.25, 0.3) is 0 Å². The molecule has 27 heavy (non-hydrogen) atoms. The summed E-state index contributed by atoms with van der Waals surface area (Å²) in [7, 11) is 0. The van der Waals surface area contributed by atoms with Crippen LogP contribution >= 0.6 is 0 Å². The first-order valence-corrected chi connectivity index (χ1v) is 9.32. The molecule has 3 rings (SSSR count). The summed E-state index contributed by atoms with van der Waals surface area (Å²) in [4.78, 5) is 13.5. The summed E-state index contributed by atoms with van der Waals surface area (Å²) in [6.45, 7) is 6.02. The van der Waals surface area contributed by atoms with E-state index in [0.29, 0.717) is 5.56 Å². The zero-order valence-corrected chi connectivity index (χ0v) is 16.2. The lowest BCUT2D eigenvalue weighted by Crippen LogP contribution is -2.43. The van der Waals surface area contributed by atoms with Gasteiger partial charge in [0.25, 0.3) is 0 Å². The van der Waals surface area contributed by atoms with Crippen LogP contribution in [0.1, 0.15) is 38.2 Å². The number of ketones is 1. The number of aryl methyl sites for hydroxylation is 1. The first kappa shape index (κ1) is 19.1. The Bertz CT molecular complexity index is 886. The van der Waals surface area contributed by atoms with Gasteiger partial charge in [0, 0.05) is 18.4 Å². The summed E-state index contributed by atoms with van der Waals surface area (Å²) in [5.41, 5.74) is 4.21. The third-order valence-electron chi connectivity index (χ3n) is 5.40. The lowest BCUT2D eigenvalue weighted by atomic mass is 9.80. The number of aliphatic hydroxyl groups is 1. The largest absolute Gasteiger partial charge is 0.381 e. The number of hydrogen-bond acceptors (Lipinski definition) is 2. The molecule has 0 amide bonds. The Morgan fingerprint density at radius 3 is 1.70 bits per heavy atom. The summed E-state index contributed by atoms with van der Waals surface area (Å²) in [5, 5.41) is 11.6. The highest BCUT2D eigenvalue weighted by atomic mass is 16.3. The topological polar surface area (TPSA) is 37.3 Å². The Kier molecular flexibility index (Phi) is 5.57. The van der Waals surface area contributed by atoms with Gasteiger partial charge >= 0.3 is 0 Å². The van der Waals surface area contributed by atoms with Crippen LogP contribution < -0.4 is 0 Å². The van der Waals surface area contributed by atoms with Crippen molar-refractivity contribution in [3.8, 4) is 0 Å². The Morgan fingerprint density at radius 2 is 1.22 bits per heavy atom. The van der Waals surface area contributed by atoms with Crippen molar-refractivity contribution in [3.05, 3.63) is 106 Å². The fourth-order valence-corrected chi connectivity index (χ4v) is 3.54. The molecule has 3 aromatic rings. The first-order valence-electron chi connectivity index (χ1n) is 9.32. The van der Waals surface area contributed by atoms with Crippen LogP contribution in [-0.2, 0) is 12.8 Å². The van der Waals surface area contributed by atoms with Gasteiger partial charge in [-0.05, 0) is 48.6 Å². The highest BCUT2D eigenvalue weighted by Gasteiger charge is 2.37. The molecule has 0 atom stereocenters. The van der Waals surface area contributed by atoms with Crippen LogP contribution in [0.4, 0.5) is 0 Å². The second-order valence-electron chi connectivity index (χ2n) is 7.37. The maximum Gasteiger partial charge on any atom is 0.195 e. The molecule has 1 N–H and O–H groups in total. The first-order chi connectivity index (χ1) is 12.9. The van der Waals surface area contributed by atoms with Gasteiger partial charge in [-0.2, -0.15) is 0 Å². The van der Waals surface area contributed by atoms with E-state index in [0.717, 1.165) is 27.8 Å². The molecule has 0 fully saturated rings. The third-order valence-corrected chi connectivity index (χ3v) is 5.40. The number of benzene rings is 3. The quantitative estimate of drug-likeness (QED) is 0.629. The molecule has 2 nitrogen and oxygen atoms in total. The van der Waals surface area contributed by atoms with E-state index in [1.807, 2.05) is 93.6 Å². The molecular weight excluding hydrogens is 332 g/mol. The SMILES string of the molecule is Cc1ccc(C(=O)C(O)(Cc2ccccc2)Cc2ccccc2)c(C)c1C. The third kappa shape index (κ3) is 4.17. The summed E-state index contributed by atoms with van der Waals surface area (Å²) < 4.78 is 0. The number of rotatable bonds is 6. The molecule has 138 valence electrons. The van der Waals surface area contributed by atoms with E-state index in [1.54, 1.807) is 0 Å². The second-order valence-corrected chi connectivity index (χ2v) is 7.37. The van der Waals surface area contributed by atoms with Gasteiger partial charge in [0.1, 0.15) is 5.60 Å². The lowest BCUT2D eigenvalue weighted by molar-refractivity contribution is 0.0318. The van der Waals surface area contributed by atoms with Crippen LogP contribution in [0.2, 0.25) is 0 Å². The fourth-order valence-electron chi connectivity index (χ4n) is 3.54. The molecule has 0 aliphatic carbocycles. The minimum absolute atomic E-state index is 0.212. The van der Waals surface area contributed by atoms with Crippen LogP contribution in [0.5, 0.6) is 0 Å². The molecule has 0 saturated carbocycles. The summed E-state index contributed by atoms with van der Waals surface area (Å²) >= 11 is 0. The standard InChI is InChI=1S/C25H26O2/c1-18-14-15-23(20(3)19(18)2)24(26)25(27,16-21-10-6-4-7-11-21)17-22-12-8-5-9-13-22/h4-15,27H,16-17H2,1-3H3. The van der Waals surface area contributed by atoms with Gasteiger partial charge in [-0.1, -0.05) is 72.8 Å². The zero-order valence-electron chi connectivity index (χ0n) is 16.2. The molecule has 0 unspecified atom stereocenters. The highest BCUT2D eigenvalue weighted by molar-refractivity contribution is 6.04. The summed E-state index contributed by atoms with van der Waals surface area (Å²) in [6.07, 6.45) is 0.571. The van der Waals surface area contributed by atoms with Crippen molar-refractivity contribution in [3.63, 3.8) is 0 Å². The van der Waals surface area contributed by atoms with Gasteiger partial charge in [0.2, 0.25) is 0 Å². The van der Waals surface area contributed by atoms with Gasteiger partial charge in [-0.25, -0.2) is 0 Å². The Morgan fingerprint density at radius 1 is 0.741 bits per heavy atom. The fraction of sp³-hybridized carbons (Fsp3) is 0.240. The average Bonchev–Trinajstić information content (AvgIpc) is 2.67. The number of carbonyl (C=O) groups excluding carboxylic acids is 1. The van der Waals surface area contributed by atoms with Crippen molar-refractivity contribution >= 4 is 5.78 Å². The maximum atomic E-state index is 13.5. The Hall–Kier alpha value is -2.71. The molecule has 0 bridgehead atoms. The molecule has 0 radical (unpaired) electrons.